The van der Waals surface area contributed by atoms with Gasteiger partial charge in [-0.05, 0) is 47.6 Å². The van der Waals surface area contributed by atoms with Crippen LogP contribution in [0.5, 0.6) is 0 Å². The smallest absolute Gasteiger partial charge is 0.407 e. The predicted molar refractivity (Wildman–Crippen MR) is 154 cm³/mol. The molecule has 0 aromatic heterocycles. The molecule has 8 heteroatoms. The molecular formula is C33H36N2O6. The highest BCUT2D eigenvalue weighted by Crippen LogP contribution is 2.44. The summed E-state index contributed by atoms with van der Waals surface area (Å²) in [4.78, 5) is 38.1. The van der Waals surface area contributed by atoms with E-state index < -0.39 is 35.7 Å². The van der Waals surface area contributed by atoms with Crippen LogP contribution >= 0.6 is 0 Å². The molecule has 3 N–H and O–H groups in total. The molecule has 2 aliphatic carbocycles. The van der Waals surface area contributed by atoms with Crippen LogP contribution in [0.2, 0.25) is 0 Å². The highest BCUT2D eigenvalue weighted by atomic mass is 16.5. The highest BCUT2D eigenvalue weighted by Gasteiger charge is 2.40. The molecule has 3 aromatic carbocycles. The largest absolute Gasteiger partial charge is 0.480 e. The Balaban J connectivity index is 1.18. The summed E-state index contributed by atoms with van der Waals surface area (Å²) in [5, 5.41) is 15.4. The molecule has 2 atom stereocenters. The van der Waals surface area contributed by atoms with Crippen LogP contribution in [-0.2, 0) is 25.7 Å². The van der Waals surface area contributed by atoms with Gasteiger partial charge in [0.1, 0.15) is 6.61 Å². The monoisotopic (exact) mass is 556 g/mol. The fourth-order valence-corrected chi connectivity index (χ4v) is 6.06. The van der Waals surface area contributed by atoms with Crippen LogP contribution in [0.3, 0.4) is 0 Å². The Bertz CT molecular complexity index is 1340. The molecule has 1 fully saturated rings. The molecule has 2 amide bonds. The summed E-state index contributed by atoms with van der Waals surface area (Å²) in [7, 11) is 0. The van der Waals surface area contributed by atoms with E-state index in [2.05, 4.69) is 34.9 Å². The fourth-order valence-electron chi connectivity index (χ4n) is 6.06. The van der Waals surface area contributed by atoms with E-state index >= 15 is 0 Å². The zero-order valence-electron chi connectivity index (χ0n) is 23.2. The number of carboxylic acid groups (broad SMARTS) is 1. The van der Waals surface area contributed by atoms with Gasteiger partial charge in [0.2, 0.25) is 5.91 Å². The molecule has 3 aromatic rings. The van der Waals surface area contributed by atoms with E-state index in [1.165, 1.54) is 0 Å². The van der Waals surface area contributed by atoms with Crippen molar-refractivity contribution in [3.8, 4) is 11.1 Å². The fraction of sp³-hybridized carbons (Fsp3) is 0.364. The number of carbonyl (C=O) groups is 3. The van der Waals surface area contributed by atoms with E-state index in [-0.39, 0.29) is 25.6 Å². The van der Waals surface area contributed by atoms with Crippen LogP contribution in [0.25, 0.3) is 11.1 Å². The standard InChI is InChI=1S/C33H36N2O6/c1-22(40-20-23-11-3-2-4-12-23)30(31(37)38)34-29(36)19-33(17-9-10-18-33)35-32(39)41-21-28-26-15-7-5-13-24(26)25-14-6-8-16-27(25)28/h2-8,11-16,22,28,30H,9-10,17-21H2,1H3,(H,34,36)(H,35,39)(H,37,38)/t22-,30+/m1/s1. The molecule has 2 aliphatic rings. The quantitative estimate of drug-likeness (QED) is 0.291. The molecule has 0 unspecified atom stereocenters. The van der Waals surface area contributed by atoms with Crippen LogP contribution < -0.4 is 10.6 Å². The van der Waals surface area contributed by atoms with Gasteiger partial charge in [-0.1, -0.05) is 91.7 Å². The molecule has 5 rings (SSSR count). The number of aliphatic carboxylic acids is 1. The third-order valence-corrected chi connectivity index (χ3v) is 8.18. The lowest BCUT2D eigenvalue weighted by atomic mass is 9.92. The predicted octanol–water partition coefficient (Wildman–Crippen LogP) is 5.40. The van der Waals surface area contributed by atoms with Gasteiger partial charge < -0.3 is 25.2 Å². The van der Waals surface area contributed by atoms with Gasteiger partial charge in [-0.2, -0.15) is 0 Å². The van der Waals surface area contributed by atoms with Crippen molar-refractivity contribution in [1.29, 1.82) is 0 Å². The number of carboxylic acids is 1. The molecule has 0 bridgehead atoms. The van der Waals surface area contributed by atoms with Gasteiger partial charge in [0.15, 0.2) is 6.04 Å². The number of nitrogens with one attached hydrogen (secondary N) is 2. The maximum absolute atomic E-state index is 13.1. The van der Waals surface area contributed by atoms with E-state index in [9.17, 15) is 19.5 Å². The average Bonchev–Trinajstić information content (AvgIpc) is 3.56. The minimum atomic E-state index is -1.22. The number of amides is 2. The van der Waals surface area contributed by atoms with E-state index in [0.29, 0.717) is 12.8 Å². The number of ether oxygens (including phenoxy) is 2. The van der Waals surface area contributed by atoms with Gasteiger partial charge >= 0.3 is 12.1 Å². The third kappa shape index (κ3) is 6.60. The Morgan fingerprint density at radius 3 is 2.10 bits per heavy atom. The topological polar surface area (TPSA) is 114 Å². The lowest BCUT2D eigenvalue weighted by molar-refractivity contribution is -0.146. The third-order valence-electron chi connectivity index (χ3n) is 8.18. The lowest BCUT2D eigenvalue weighted by Gasteiger charge is -2.31. The van der Waals surface area contributed by atoms with Crippen LogP contribution in [0.15, 0.2) is 78.9 Å². The summed E-state index contributed by atoms with van der Waals surface area (Å²) in [6, 6.07) is 24.5. The Morgan fingerprint density at radius 2 is 1.49 bits per heavy atom. The maximum atomic E-state index is 13.1. The summed E-state index contributed by atoms with van der Waals surface area (Å²) in [6.07, 6.45) is 1.57. The summed E-state index contributed by atoms with van der Waals surface area (Å²) >= 11 is 0. The van der Waals surface area contributed by atoms with E-state index in [1.807, 2.05) is 54.6 Å². The number of hydrogen-bond donors (Lipinski definition) is 3. The van der Waals surface area contributed by atoms with Crippen molar-refractivity contribution in [2.75, 3.05) is 6.61 Å². The minimum Gasteiger partial charge on any atom is -0.480 e. The number of hydrogen-bond acceptors (Lipinski definition) is 5. The number of benzene rings is 3. The Kier molecular flexibility index (Phi) is 8.69. The Labute approximate surface area is 240 Å². The zero-order valence-corrected chi connectivity index (χ0v) is 23.2. The molecule has 8 nitrogen and oxygen atoms in total. The van der Waals surface area contributed by atoms with Crippen LogP contribution in [0.1, 0.15) is 61.6 Å². The molecule has 41 heavy (non-hydrogen) atoms. The van der Waals surface area contributed by atoms with Gasteiger partial charge in [0, 0.05) is 12.3 Å². The van der Waals surface area contributed by atoms with Gasteiger partial charge in [0.05, 0.1) is 18.2 Å². The first-order chi connectivity index (χ1) is 19.8. The lowest BCUT2D eigenvalue weighted by Crippen LogP contribution is -2.53. The van der Waals surface area contributed by atoms with Gasteiger partial charge in [0.25, 0.3) is 0 Å². The first-order valence-electron chi connectivity index (χ1n) is 14.2. The molecule has 0 aliphatic heterocycles. The van der Waals surface area contributed by atoms with Gasteiger partial charge in [-0.3, -0.25) is 4.79 Å². The van der Waals surface area contributed by atoms with Crippen molar-refractivity contribution in [2.24, 2.45) is 0 Å². The van der Waals surface area contributed by atoms with Crippen molar-refractivity contribution in [3.63, 3.8) is 0 Å². The van der Waals surface area contributed by atoms with Crippen LogP contribution in [-0.4, -0.2) is 47.4 Å². The van der Waals surface area contributed by atoms with Crippen molar-refractivity contribution in [2.45, 2.75) is 69.2 Å². The number of rotatable bonds is 11. The van der Waals surface area contributed by atoms with Gasteiger partial charge in [-0.25, -0.2) is 9.59 Å². The number of alkyl carbamates (subject to hydrolysis) is 1. The second-order valence-corrected chi connectivity index (χ2v) is 11.0. The Morgan fingerprint density at radius 1 is 0.902 bits per heavy atom. The second kappa shape index (κ2) is 12.6. The normalized spacial score (nSPS) is 16.7. The molecule has 0 heterocycles. The summed E-state index contributed by atoms with van der Waals surface area (Å²) in [5.74, 6) is -1.69. The zero-order chi connectivity index (χ0) is 28.8. The van der Waals surface area contributed by atoms with Crippen molar-refractivity contribution < 1.29 is 29.0 Å². The molecule has 214 valence electrons. The molecular weight excluding hydrogens is 520 g/mol. The van der Waals surface area contributed by atoms with Crippen LogP contribution in [0.4, 0.5) is 4.79 Å². The van der Waals surface area contributed by atoms with Crippen molar-refractivity contribution >= 4 is 18.0 Å². The summed E-state index contributed by atoms with van der Waals surface area (Å²) in [5.41, 5.74) is 4.67. The van der Waals surface area contributed by atoms with E-state index in [1.54, 1.807) is 6.92 Å². The average molecular weight is 557 g/mol. The van der Waals surface area contributed by atoms with Crippen LogP contribution in [0, 0.1) is 0 Å². The first-order valence-corrected chi connectivity index (χ1v) is 14.2. The number of fused-ring (bicyclic) bond motifs is 3. The van der Waals surface area contributed by atoms with E-state index in [4.69, 9.17) is 9.47 Å². The van der Waals surface area contributed by atoms with Gasteiger partial charge in [-0.15, -0.1) is 0 Å². The molecule has 0 radical (unpaired) electrons. The summed E-state index contributed by atoms with van der Waals surface area (Å²) < 4.78 is 11.5. The molecule has 0 saturated heterocycles. The van der Waals surface area contributed by atoms with E-state index in [0.717, 1.165) is 40.7 Å². The van der Waals surface area contributed by atoms with Crippen molar-refractivity contribution in [3.05, 3.63) is 95.6 Å². The second-order valence-electron chi connectivity index (χ2n) is 11.0. The molecule has 0 spiro atoms. The molecule has 1 saturated carbocycles. The highest BCUT2D eigenvalue weighted by molar-refractivity contribution is 5.85. The summed E-state index contributed by atoms with van der Waals surface area (Å²) in [6.45, 7) is 2.04. The first kappa shape index (κ1) is 28.4. The Hall–Kier alpha value is -4.17. The van der Waals surface area contributed by atoms with Crippen molar-refractivity contribution in [1.82, 2.24) is 10.6 Å². The maximum Gasteiger partial charge on any atom is 0.407 e. The number of carbonyl (C=O) groups excluding carboxylic acids is 2. The minimum absolute atomic E-state index is 0.0353. The SMILES string of the molecule is C[C@@H](OCc1ccccc1)[C@H](NC(=O)CC1(NC(=O)OCC2c3ccccc3-c3ccccc32)CCCC1)C(=O)O.